The molecule has 0 atom stereocenters. The summed E-state index contributed by atoms with van der Waals surface area (Å²) in [6, 6.07) is 8.34. The topological polar surface area (TPSA) is 66.9 Å². The van der Waals surface area contributed by atoms with Crippen molar-refractivity contribution in [2.75, 3.05) is 5.32 Å². The number of aromatic nitrogens is 2. The van der Waals surface area contributed by atoms with Crippen molar-refractivity contribution in [2.45, 2.75) is 44.7 Å². The Morgan fingerprint density at radius 2 is 1.96 bits per heavy atom. The van der Waals surface area contributed by atoms with Crippen molar-refractivity contribution < 1.29 is 9.18 Å². The predicted octanol–water partition coefficient (Wildman–Crippen LogP) is 3.29. The summed E-state index contributed by atoms with van der Waals surface area (Å²) in [6.45, 7) is 0.264. The van der Waals surface area contributed by atoms with Crippen LogP contribution in [0.1, 0.15) is 48.2 Å². The number of carbonyl (C=O) groups excluding carboxylic acids is 1. The molecule has 0 saturated heterocycles. The first kappa shape index (κ1) is 16.4. The molecule has 1 amide bonds. The van der Waals surface area contributed by atoms with Crippen LogP contribution in [0, 0.1) is 5.82 Å². The molecule has 5 nitrogen and oxygen atoms in total. The summed E-state index contributed by atoms with van der Waals surface area (Å²) in [7, 11) is 0. The van der Waals surface area contributed by atoms with Crippen LogP contribution in [0.25, 0.3) is 0 Å². The van der Waals surface area contributed by atoms with E-state index in [4.69, 9.17) is 0 Å². The zero-order valence-electron chi connectivity index (χ0n) is 13.5. The van der Waals surface area contributed by atoms with Gasteiger partial charge >= 0.3 is 0 Å². The summed E-state index contributed by atoms with van der Waals surface area (Å²) in [4.78, 5) is 20.6. The van der Waals surface area contributed by atoms with Crippen LogP contribution in [0.4, 0.5) is 10.3 Å². The average Bonchev–Trinajstić information content (AvgIpc) is 2.62. The number of hydrogen-bond donors (Lipinski definition) is 2. The van der Waals surface area contributed by atoms with Crippen LogP contribution in [0.2, 0.25) is 0 Å². The molecule has 0 spiro atoms. The number of carbonyl (C=O) groups is 1. The molecule has 0 aliphatic heterocycles. The molecule has 1 saturated carbocycles. The largest absolute Gasteiger partial charge is 0.350 e. The number of anilines is 1. The van der Waals surface area contributed by atoms with Crippen molar-refractivity contribution in [1.82, 2.24) is 15.3 Å². The second-order valence-corrected chi connectivity index (χ2v) is 6.02. The molecule has 1 heterocycles. The first-order chi connectivity index (χ1) is 11.7. The van der Waals surface area contributed by atoms with Crippen molar-refractivity contribution in [3.63, 3.8) is 0 Å². The molecule has 1 aromatic heterocycles. The Balaban J connectivity index is 1.61. The van der Waals surface area contributed by atoms with E-state index in [0.717, 1.165) is 25.7 Å². The van der Waals surface area contributed by atoms with Crippen molar-refractivity contribution in [2.24, 2.45) is 0 Å². The molecule has 1 aromatic carbocycles. The smallest absolute Gasteiger partial charge is 0.270 e. The Bertz CT molecular complexity index is 701. The minimum absolute atomic E-state index is 0.182. The van der Waals surface area contributed by atoms with E-state index < -0.39 is 0 Å². The number of hydrogen-bond acceptors (Lipinski definition) is 4. The van der Waals surface area contributed by atoms with Gasteiger partial charge in [0.05, 0.1) is 0 Å². The van der Waals surface area contributed by atoms with E-state index in [9.17, 15) is 9.18 Å². The first-order valence-corrected chi connectivity index (χ1v) is 8.33. The third-order valence-electron chi connectivity index (χ3n) is 4.22. The van der Waals surface area contributed by atoms with E-state index in [1.807, 2.05) is 0 Å². The summed E-state index contributed by atoms with van der Waals surface area (Å²) in [5.74, 6) is -0.149. The van der Waals surface area contributed by atoms with Gasteiger partial charge in [-0.1, -0.05) is 37.5 Å². The number of benzene rings is 1. The highest BCUT2D eigenvalue weighted by molar-refractivity contribution is 5.92. The molecule has 2 aromatic rings. The predicted molar refractivity (Wildman–Crippen MR) is 90.1 cm³/mol. The lowest BCUT2D eigenvalue weighted by Gasteiger charge is -2.22. The van der Waals surface area contributed by atoms with Gasteiger partial charge in [-0.15, -0.1) is 0 Å². The van der Waals surface area contributed by atoms with Crippen LogP contribution >= 0.6 is 0 Å². The molecule has 2 N–H and O–H groups in total. The van der Waals surface area contributed by atoms with Crippen molar-refractivity contribution >= 4 is 11.9 Å². The highest BCUT2D eigenvalue weighted by Crippen LogP contribution is 2.17. The monoisotopic (exact) mass is 328 g/mol. The molecular weight excluding hydrogens is 307 g/mol. The highest BCUT2D eigenvalue weighted by Gasteiger charge is 2.17. The zero-order chi connectivity index (χ0) is 16.8. The maximum atomic E-state index is 13.6. The summed E-state index contributed by atoms with van der Waals surface area (Å²) in [6.07, 6.45) is 7.13. The quantitative estimate of drug-likeness (QED) is 0.884. The van der Waals surface area contributed by atoms with Gasteiger partial charge in [-0.25, -0.2) is 14.4 Å². The first-order valence-electron chi connectivity index (χ1n) is 8.33. The van der Waals surface area contributed by atoms with E-state index in [0.29, 0.717) is 17.2 Å². The van der Waals surface area contributed by atoms with E-state index in [-0.39, 0.29) is 24.3 Å². The van der Waals surface area contributed by atoms with E-state index >= 15 is 0 Å². The number of nitrogens with zero attached hydrogens (tertiary/aromatic N) is 2. The Morgan fingerprint density at radius 1 is 1.17 bits per heavy atom. The van der Waals surface area contributed by atoms with Gasteiger partial charge in [0, 0.05) is 24.3 Å². The van der Waals surface area contributed by atoms with Gasteiger partial charge in [-0.05, 0) is 25.0 Å². The molecule has 3 rings (SSSR count). The Kier molecular flexibility index (Phi) is 5.36. The SMILES string of the molecule is O=C(NC1CCCCC1)c1ccnc(NCc2ccccc2F)n1. The van der Waals surface area contributed by atoms with Gasteiger partial charge in [0.1, 0.15) is 11.5 Å². The summed E-state index contributed by atoms with van der Waals surface area (Å²) in [5.41, 5.74) is 0.852. The molecular formula is C18H21FN4O. The van der Waals surface area contributed by atoms with Gasteiger partial charge in [0.25, 0.3) is 5.91 Å². The van der Waals surface area contributed by atoms with Crippen LogP contribution in [0.15, 0.2) is 36.5 Å². The Morgan fingerprint density at radius 3 is 2.75 bits per heavy atom. The lowest BCUT2D eigenvalue weighted by atomic mass is 9.95. The van der Waals surface area contributed by atoms with Crippen LogP contribution in [0.5, 0.6) is 0 Å². The number of rotatable bonds is 5. The summed E-state index contributed by atoms with van der Waals surface area (Å²) < 4.78 is 13.6. The molecule has 0 radical (unpaired) electrons. The number of halogens is 1. The third kappa shape index (κ3) is 4.28. The van der Waals surface area contributed by atoms with Gasteiger partial charge in [0.15, 0.2) is 0 Å². The minimum Gasteiger partial charge on any atom is -0.350 e. The van der Waals surface area contributed by atoms with Gasteiger partial charge < -0.3 is 10.6 Å². The van der Waals surface area contributed by atoms with Crippen molar-refractivity contribution in [3.05, 3.63) is 53.6 Å². The highest BCUT2D eigenvalue weighted by atomic mass is 19.1. The van der Waals surface area contributed by atoms with Crippen LogP contribution in [-0.4, -0.2) is 21.9 Å². The van der Waals surface area contributed by atoms with Crippen molar-refractivity contribution in [1.29, 1.82) is 0 Å². The van der Waals surface area contributed by atoms with Crippen LogP contribution < -0.4 is 10.6 Å². The maximum absolute atomic E-state index is 13.6. The maximum Gasteiger partial charge on any atom is 0.270 e. The molecule has 1 fully saturated rings. The molecule has 24 heavy (non-hydrogen) atoms. The van der Waals surface area contributed by atoms with E-state index in [1.165, 1.54) is 18.7 Å². The van der Waals surface area contributed by atoms with Crippen molar-refractivity contribution in [3.8, 4) is 0 Å². The molecule has 126 valence electrons. The minimum atomic E-state index is -0.281. The summed E-state index contributed by atoms with van der Waals surface area (Å²) >= 11 is 0. The van der Waals surface area contributed by atoms with Crippen LogP contribution in [-0.2, 0) is 6.54 Å². The fourth-order valence-electron chi connectivity index (χ4n) is 2.89. The normalized spacial score (nSPS) is 15.0. The fraction of sp³-hybridized carbons (Fsp3) is 0.389. The van der Waals surface area contributed by atoms with E-state index in [2.05, 4.69) is 20.6 Å². The second kappa shape index (κ2) is 7.86. The van der Waals surface area contributed by atoms with Gasteiger partial charge in [-0.3, -0.25) is 4.79 Å². The van der Waals surface area contributed by atoms with Gasteiger partial charge in [0.2, 0.25) is 5.95 Å². The Hall–Kier alpha value is -2.50. The molecule has 1 aliphatic rings. The van der Waals surface area contributed by atoms with E-state index in [1.54, 1.807) is 24.3 Å². The van der Waals surface area contributed by atoms with Crippen LogP contribution in [0.3, 0.4) is 0 Å². The lowest BCUT2D eigenvalue weighted by Crippen LogP contribution is -2.36. The lowest BCUT2D eigenvalue weighted by molar-refractivity contribution is 0.0922. The fourth-order valence-corrected chi connectivity index (χ4v) is 2.89. The number of nitrogens with one attached hydrogen (secondary N) is 2. The third-order valence-corrected chi connectivity index (χ3v) is 4.22. The molecule has 6 heteroatoms. The second-order valence-electron chi connectivity index (χ2n) is 6.02. The van der Waals surface area contributed by atoms with Gasteiger partial charge in [-0.2, -0.15) is 0 Å². The summed E-state index contributed by atoms with van der Waals surface area (Å²) in [5, 5.41) is 5.99. The Labute approximate surface area is 140 Å². The standard InChI is InChI=1S/C18H21FN4O/c19-15-9-5-4-6-13(15)12-21-18-20-11-10-16(23-18)17(24)22-14-7-2-1-3-8-14/h4-6,9-11,14H,1-3,7-8,12H2,(H,22,24)(H,20,21,23). The zero-order valence-corrected chi connectivity index (χ0v) is 13.5. The molecule has 0 unspecified atom stereocenters. The average molecular weight is 328 g/mol. The molecule has 0 bridgehead atoms. The number of amides is 1. The molecule has 1 aliphatic carbocycles.